The molecule has 0 aliphatic carbocycles. The van der Waals surface area contributed by atoms with Gasteiger partial charge in [-0.05, 0) is 29.3 Å². The van der Waals surface area contributed by atoms with E-state index in [1.165, 1.54) is 0 Å². The first-order chi connectivity index (χ1) is 13.3. The zero-order valence-corrected chi connectivity index (χ0v) is 15.0. The van der Waals surface area contributed by atoms with Gasteiger partial charge in [-0.2, -0.15) is 0 Å². The lowest BCUT2D eigenvalue weighted by Gasteiger charge is -2.34. The van der Waals surface area contributed by atoms with Crippen molar-refractivity contribution in [3.63, 3.8) is 0 Å². The molecule has 4 rings (SSSR count). The van der Waals surface area contributed by atoms with E-state index in [9.17, 15) is 4.79 Å². The largest absolute Gasteiger partial charge is 0.487 e. The van der Waals surface area contributed by atoms with Crippen molar-refractivity contribution in [1.29, 1.82) is 0 Å². The van der Waals surface area contributed by atoms with E-state index in [0.717, 1.165) is 22.6 Å². The number of rotatable bonds is 5. The van der Waals surface area contributed by atoms with Crippen molar-refractivity contribution in [3.05, 3.63) is 108 Å². The third-order valence-corrected chi connectivity index (χ3v) is 4.72. The number of ether oxygens (including phenoxy) is 1. The van der Waals surface area contributed by atoms with Gasteiger partial charge in [-0.15, -0.1) is 0 Å². The van der Waals surface area contributed by atoms with Crippen LogP contribution in [-0.2, 0) is 11.4 Å². The van der Waals surface area contributed by atoms with E-state index in [1.54, 1.807) is 6.08 Å². The third kappa shape index (κ3) is 3.93. The fourth-order valence-corrected chi connectivity index (χ4v) is 3.35. The Balaban J connectivity index is 1.65. The minimum absolute atomic E-state index is 0.0369. The number of hydrogen-bond donors (Lipinski definition) is 0. The molecule has 1 aliphatic rings. The molecule has 1 atom stereocenters. The van der Waals surface area contributed by atoms with E-state index >= 15 is 0 Å². The molecule has 0 saturated carbocycles. The summed E-state index contributed by atoms with van der Waals surface area (Å²) in [5.74, 6) is 0.948. The van der Waals surface area contributed by atoms with Gasteiger partial charge in [-0.1, -0.05) is 72.8 Å². The highest BCUT2D eigenvalue weighted by Crippen LogP contribution is 2.38. The third-order valence-electron chi connectivity index (χ3n) is 4.72. The monoisotopic (exact) mass is 355 g/mol. The van der Waals surface area contributed by atoms with Crippen molar-refractivity contribution < 1.29 is 9.53 Å². The molecule has 3 heteroatoms. The zero-order chi connectivity index (χ0) is 18.5. The number of carbonyl (C=O) groups is 1. The van der Waals surface area contributed by atoms with Crippen LogP contribution in [-0.4, -0.2) is 5.78 Å². The fourth-order valence-electron chi connectivity index (χ4n) is 3.35. The summed E-state index contributed by atoms with van der Waals surface area (Å²) in [6, 6.07) is 28.2. The van der Waals surface area contributed by atoms with Crippen LogP contribution >= 0.6 is 0 Å². The summed E-state index contributed by atoms with van der Waals surface area (Å²) in [5.41, 5.74) is 3.20. The molecule has 1 heterocycles. The number of para-hydroxylation sites is 2. The quantitative estimate of drug-likeness (QED) is 0.622. The lowest BCUT2D eigenvalue weighted by molar-refractivity contribution is -0.115. The molecule has 0 amide bonds. The summed E-state index contributed by atoms with van der Waals surface area (Å²) in [4.78, 5) is 14.2. The van der Waals surface area contributed by atoms with Gasteiger partial charge in [0, 0.05) is 12.6 Å². The maximum Gasteiger partial charge on any atom is 0.159 e. The summed E-state index contributed by atoms with van der Waals surface area (Å²) in [5, 5.41) is 0. The highest BCUT2D eigenvalue weighted by molar-refractivity contribution is 5.92. The van der Waals surface area contributed by atoms with Gasteiger partial charge in [0.2, 0.25) is 0 Å². The van der Waals surface area contributed by atoms with E-state index in [-0.39, 0.29) is 11.8 Å². The Kier molecular flexibility index (Phi) is 5.01. The van der Waals surface area contributed by atoms with Gasteiger partial charge in [-0.25, -0.2) is 0 Å². The Bertz CT molecular complexity index is 935. The predicted octanol–water partition coefficient (Wildman–Crippen LogP) is 5.30. The van der Waals surface area contributed by atoms with E-state index in [1.807, 2.05) is 66.9 Å². The Labute approximate surface area is 159 Å². The fraction of sp³-hybridized carbons (Fsp3) is 0.125. The standard InChI is InChI=1S/C24H21NO2/c26-21-15-16-25(23(17-21)20-11-5-2-6-12-20)22-13-7-8-14-24(22)27-18-19-9-3-1-4-10-19/h1-16,23H,17-18H2/t23-/m1/s1. The maximum absolute atomic E-state index is 12.1. The van der Waals surface area contributed by atoms with Crippen molar-refractivity contribution in [2.24, 2.45) is 0 Å². The van der Waals surface area contributed by atoms with E-state index in [0.29, 0.717) is 13.0 Å². The average molecular weight is 355 g/mol. The normalized spacial score (nSPS) is 16.4. The molecule has 0 radical (unpaired) electrons. The molecule has 0 fully saturated rings. The minimum Gasteiger partial charge on any atom is -0.487 e. The number of allylic oxidation sites excluding steroid dienone is 1. The number of anilines is 1. The second-order valence-electron chi connectivity index (χ2n) is 6.56. The lowest BCUT2D eigenvalue weighted by atomic mass is 9.96. The van der Waals surface area contributed by atoms with Crippen molar-refractivity contribution in [2.45, 2.75) is 19.1 Å². The topological polar surface area (TPSA) is 29.5 Å². The van der Waals surface area contributed by atoms with Gasteiger partial charge in [-0.3, -0.25) is 4.79 Å². The van der Waals surface area contributed by atoms with Crippen LogP contribution in [0.1, 0.15) is 23.6 Å². The predicted molar refractivity (Wildman–Crippen MR) is 108 cm³/mol. The first-order valence-electron chi connectivity index (χ1n) is 9.11. The Hall–Kier alpha value is -3.33. The molecule has 3 nitrogen and oxygen atoms in total. The van der Waals surface area contributed by atoms with Crippen LogP contribution in [0.3, 0.4) is 0 Å². The molecule has 3 aromatic rings. The molecule has 0 N–H and O–H groups in total. The second-order valence-corrected chi connectivity index (χ2v) is 6.56. The lowest BCUT2D eigenvalue weighted by Crippen LogP contribution is -2.29. The summed E-state index contributed by atoms with van der Waals surface area (Å²) in [6.45, 7) is 0.504. The first-order valence-corrected chi connectivity index (χ1v) is 9.11. The summed E-state index contributed by atoms with van der Waals surface area (Å²) in [6.07, 6.45) is 3.97. The molecule has 0 bridgehead atoms. The SMILES string of the molecule is O=C1C=CN(c2ccccc2OCc2ccccc2)[C@@H](c2ccccc2)C1. The van der Waals surface area contributed by atoms with Gasteiger partial charge in [0.1, 0.15) is 12.4 Å². The van der Waals surface area contributed by atoms with Gasteiger partial charge in [0.05, 0.1) is 11.7 Å². The van der Waals surface area contributed by atoms with Crippen LogP contribution in [0.15, 0.2) is 97.2 Å². The van der Waals surface area contributed by atoms with Gasteiger partial charge < -0.3 is 9.64 Å². The molecule has 0 aromatic heterocycles. The summed E-state index contributed by atoms with van der Waals surface area (Å²) >= 11 is 0. The Morgan fingerprint density at radius 3 is 2.30 bits per heavy atom. The first kappa shape index (κ1) is 17.1. The molecule has 27 heavy (non-hydrogen) atoms. The Morgan fingerprint density at radius 2 is 1.52 bits per heavy atom. The molecule has 3 aromatic carbocycles. The highest BCUT2D eigenvalue weighted by Gasteiger charge is 2.26. The maximum atomic E-state index is 12.1. The van der Waals surface area contributed by atoms with Crippen LogP contribution in [0.4, 0.5) is 5.69 Å². The van der Waals surface area contributed by atoms with Crippen molar-refractivity contribution in [1.82, 2.24) is 0 Å². The van der Waals surface area contributed by atoms with E-state index in [4.69, 9.17) is 4.74 Å². The van der Waals surface area contributed by atoms with Gasteiger partial charge >= 0.3 is 0 Å². The van der Waals surface area contributed by atoms with Gasteiger partial charge in [0.25, 0.3) is 0 Å². The average Bonchev–Trinajstić information content (AvgIpc) is 2.74. The molecule has 0 saturated heterocycles. The van der Waals surface area contributed by atoms with Gasteiger partial charge in [0.15, 0.2) is 5.78 Å². The van der Waals surface area contributed by atoms with Crippen LogP contribution in [0.2, 0.25) is 0 Å². The highest BCUT2D eigenvalue weighted by atomic mass is 16.5. The number of hydrogen-bond acceptors (Lipinski definition) is 3. The van der Waals surface area contributed by atoms with E-state index < -0.39 is 0 Å². The van der Waals surface area contributed by atoms with Crippen molar-refractivity contribution in [2.75, 3.05) is 4.90 Å². The smallest absolute Gasteiger partial charge is 0.159 e. The summed E-state index contributed by atoms with van der Waals surface area (Å²) in [7, 11) is 0. The Morgan fingerprint density at radius 1 is 0.852 bits per heavy atom. The number of carbonyl (C=O) groups excluding carboxylic acids is 1. The molecule has 0 unspecified atom stereocenters. The van der Waals surface area contributed by atoms with Crippen molar-refractivity contribution >= 4 is 11.5 Å². The van der Waals surface area contributed by atoms with Crippen LogP contribution in [0.25, 0.3) is 0 Å². The molecular weight excluding hydrogens is 334 g/mol. The van der Waals surface area contributed by atoms with Crippen LogP contribution < -0.4 is 9.64 Å². The number of benzene rings is 3. The molecular formula is C24H21NO2. The second kappa shape index (κ2) is 7.92. The molecule has 1 aliphatic heterocycles. The minimum atomic E-state index is -0.0369. The zero-order valence-electron chi connectivity index (χ0n) is 15.0. The molecule has 0 spiro atoms. The number of ketones is 1. The summed E-state index contributed by atoms with van der Waals surface area (Å²) < 4.78 is 6.13. The molecule has 134 valence electrons. The van der Waals surface area contributed by atoms with E-state index in [2.05, 4.69) is 29.2 Å². The van der Waals surface area contributed by atoms with Crippen molar-refractivity contribution in [3.8, 4) is 5.75 Å². The van der Waals surface area contributed by atoms with Crippen LogP contribution in [0.5, 0.6) is 5.75 Å². The van der Waals surface area contributed by atoms with Crippen LogP contribution in [0, 0.1) is 0 Å². The number of nitrogens with zero attached hydrogens (tertiary/aromatic N) is 1.